The van der Waals surface area contributed by atoms with Gasteiger partial charge < -0.3 is 13.8 Å². The lowest BCUT2D eigenvalue weighted by Crippen LogP contribution is -2.21. The van der Waals surface area contributed by atoms with Crippen molar-refractivity contribution in [3.05, 3.63) is 30.4 Å². The Labute approximate surface area is 126 Å². The van der Waals surface area contributed by atoms with Gasteiger partial charge in [-0.15, -0.1) is 10.2 Å². The average molecular weight is 322 g/mol. The summed E-state index contributed by atoms with van der Waals surface area (Å²) in [6.07, 6.45) is 2.92. The smallest absolute Gasteiger partial charge is 0.264 e. The molecule has 0 radical (unpaired) electrons. The largest absolute Gasteiger partial charge is 0.469 e. The van der Waals surface area contributed by atoms with Crippen LogP contribution in [0.15, 0.2) is 38.3 Å². The van der Waals surface area contributed by atoms with Gasteiger partial charge in [0.05, 0.1) is 11.8 Å². The Bertz CT molecular complexity index is 904. The quantitative estimate of drug-likeness (QED) is 0.786. The average Bonchev–Trinajstić information content (AvgIpc) is 3.17. The SMILES string of the molecule is Cc1occc1-c1nnc(-c2cc(S(=O)(=O)N(C)C)c[nH]2)o1. The van der Waals surface area contributed by atoms with E-state index in [1.54, 1.807) is 13.0 Å². The Morgan fingerprint density at radius 1 is 1.23 bits per heavy atom. The zero-order valence-corrected chi connectivity index (χ0v) is 13.0. The molecule has 0 aliphatic carbocycles. The molecule has 9 heteroatoms. The molecule has 0 atom stereocenters. The van der Waals surface area contributed by atoms with Crippen LogP contribution in [0.4, 0.5) is 0 Å². The number of aryl methyl sites for hydroxylation is 1. The van der Waals surface area contributed by atoms with Gasteiger partial charge in [-0.3, -0.25) is 0 Å². The third-order valence-electron chi connectivity index (χ3n) is 3.18. The first-order chi connectivity index (χ1) is 10.4. The van der Waals surface area contributed by atoms with E-state index in [0.29, 0.717) is 22.9 Å². The molecule has 0 spiro atoms. The highest BCUT2D eigenvalue weighted by molar-refractivity contribution is 7.89. The first-order valence-electron chi connectivity index (χ1n) is 6.39. The van der Waals surface area contributed by atoms with Crippen LogP contribution in [-0.2, 0) is 10.0 Å². The van der Waals surface area contributed by atoms with Crippen LogP contribution in [0.1, 0.15) is 5.76 Å². The van der Waals surface area contributed by atoms with Crippen LogP contribution in [0.25, 0.3) is 23.0 Å². The van der Waals surface area contributed by atoms with Crippen molar-refractivity contribution < 1.29 is 17.3 Å². The third kappa shape index (κ3) is 2.34. The van der Waals surface area contributed by atoms with Gasteiger partial charge in [0.25, 0.3) is 11.8 Å². The maximum absolute atomic E-state index is 12.0. The molecule has 22 heavy (non-hydrogen) atoms. The summed E-state index contributed by atoms with van der Waals surface area (Å²) in [4.78, 5) is 2.96. The van der Waals surface area contributed by atoms with E-state index in [0.717, 1.165) is 4.31 Å². The van der Waals surface area contributed by atoms with Crippen LogP contribution in [0.2, 0.25) is 0 Å². The molecule has 0 amide bonds. The second kappa shape index (κ2) is 5.11. The zero-order valence-electron chi connectivity index (χ0n) is 12.2. The predicted octanol–water partition coefficient (Wildman–Crippen LogP) is 1.88. The molecule has 8 nitrogen and oxygen atoms in total. The van der Waals surface area contributed by atoms with Crippen molar-refractivity contribution in [3.63, 3.8) is 0 Å². The molecule has 3 heterocycles. The van der Waals surface area contributed by atoms with Crippen LogP contribution in [0, 0.1) is 6.92 Å². The van der Waals surface area contributed by atoms with Crippen molar-refractivity contribution in [2.75, 3.05) is 14.1 Å². The lowest BCUT2D eigenvalue weighted by Gasteiger charge is -2.08. The fraction of sp³-hybridized carbons (Fsp3) is 0.231. The van der Waals surface area contributed by atoms with Crippen molar-refractivity contribution in [1.29, 1.82) is 0 Å². The molecule has 0 bridgehead atoms. The predicted molar refractivity (Wildman–Crippen MR) is 77.4 cm³/mol. The molecule has 1 N–H and O–H groups in total. The van der Waals surface area contributed by atoms with Gasteiger partial charge in [0.1, 0.15) is 16.3 Å². The van der Waals surface area contributed by atoms with E-state index in [9.17, 15) is 8.42 Å². The van der Waals surface area contributed by atoms with Crippen LogP contribution in [0.5, 0.6) is 0 Å². The minimum atomic E-state index is -3.51. The second-order valence-electron chi connectivity index (χ2n) is 4.84. The summed E-state index contributed by atoms with van der Waals surface area (Å²) in [6.45, 7) is 1.79. The molecule has 0 saturated heterocycles. The van der Waals surface area contributed by atoms with Crippen molar-refractivity contribution in [2.45, 2.75) is 11.8 Å². The lowest BCUT2D eigenvalue weighted by atomic mass is 10.3. The summed E-state index contributed by atoms with van der Waals surface area (Å²) in [5.74, 6) is 1.18. The molecule has 3 aromatic rings. The molecule has 0 unspecified atom stereocenters. The molecular formula is C13H14N4O4S. The fourth-order valence-corrected chi connectivity index (χ4v) is 2.80. The second-order valence-corrected chi connectivity index (χ2v) is 6.99. The monoisotopic (exact) mass is 322 g/mol. The number of hydrogen-bond donors (Lipinski definition) is 1. The molecule has 116 valence electrons. The minimum absolute atomic E-state index is 0.131. The topological polar surface area (TPSA) is 105 Å². The van der Waals surface area contributed by atoms with E-state index >= 15 is 0 Å². The van der Waals surface area contributed by atoms with Crippen LogP contribution >= 0.6 is 0 Å². The normalized spacial score (nSPS) is 12.2. The first kappa shape index (κ1) is 14.5. The number of nitrogens with zero attached hydrogens (tertiary/aromatic N) is 3. The maximum Gasteiger partial charge on any atom is 0.264 e. The Morgan fingerprint density at radius 2 is 1.95 bits per heavy atom. The summed E-state index contributed by atoms with van der Waals surface area (Å²) < 4.78 is 36.0. The van der Waals surface area contributed by atoms with E-state index in [1.165, 1.54) is 32.6 Å². The highest BCUT2D eigenvalue weighted by Crippen LogP contribution is 2.27. The Balaban J connectivity index is 1.96. The highest BCUT2D eigenvalue weighted by Gasteiger charge is 2.21. The summed E-state index contributed by atoms with van der Waals surface area (Å²) >= 11 is 0. The number of furan rings is 1. The van der Waals surface area contributed by atoms with E-state index in [-0.39, 0.29) is 10.8 Å². The Morgan fingerprint density at radius 3 is 2.59 bits per heavy atom. The van der Waals surface area contributed by atoms with Crippen molar-refractivity contribution in [2.24, 2.45) is 0 Å². The number of sulfonamides is 1. The molecule has 0 aliphatic heterocycles. The molecular weight excluding hydrogens is 308 g/mol. The van der Waals surface area contributed by atoms with Gasteiger partial charge in [0.15, 0.2) is 0 Å². The lowest BCUT2D eigenvalue weighted by molar-refractivity contribution is 0.521. The standard InChI is InChI=1S/C13H14N4O4S/c1-8-10(4-5-20-8)12-15-16-13(21-12)11-6-9(7-14-11)22(18,19)17(2)3/h4-7,14H,1-3H3. The number of rotatable bonds is 4. The maximum atomic E-state index is 12.0. The van der Waals surface area contributed by atoms with Gasteiger partial charge >= 0.3 is 0 Å². The highest BCUT2D eigenvalue weighted by atomic mass is 32.2. The van der Waals surface area contributed by atoms with E-state index in [2.05, 4.69) is 15.2 Å². The minimum Gasteiger partial charge on any atom is -0.469 e. The van der Waals surface area contributed by atoms with Gasteiger partial charge in [-0.25, -0.2) is 12.7 Å². The van der Waals surface area contributed by atoms with E-state index in [4.69, 9.17) is 8.83 Å². The summed E-state index contributed by atoms with van der Waals surface area (Å²) in [5, 5.41) is 7.87. The molecule has 0 aliphatic rings. The number of aromatic amines is 1. The van der Waals surface area contributed by atoms with Gasteiger partial charge in [0.2, 0.25) is 10.0 Å². The van der Waals surface area contributed by atoms with Gasteiger partial charge in [-0.1, -0.05) is 0 Å². The number of H-pyrrole nitrogens is 1. The molecule has 0 fully saturated rings. The fourth-order valence-electron chi connectivity index (χ4n) is 1.91. The van der Waals surface area contributed by atoms with E-state index in [1.807, 2.05) is 0 Å². The Kier molecular flexibility index (Phi) is 3.38. The Hall–Kier alpha value is -2.39. The zero-order chi connectivity index (χ0) is 15.9. The summed E-state index contributed by atoms with van der Waals surface area (Å²) in [5.41, 5.74) is 1.13. The van der Waals surface area contributed by atoms with Crippen LogP contribution in [0.3, 0.4) is 0 Å². The van der Waals surface area contributed by atoms with Crippen molar-refractivity contribution >= 4 is 10.0 Å². The van der Waals surface area contributed by atoms with Crippen molar-refractivity contribution in [3.8, 4) is 23.0 Å². The van der Waals surface area contributed by atoms with Crippen LogP contribution in [-0.4, -0.2) is 42.0 Å². The van der Waals surface area contributed by atoms with Gasteiger partial charge in [0, 0.05) is 20.3 Å². The third-order valence-corrected chi connectivity index (χ3v) is 4.97. The van der Waals surface area contributed by atoms with E-state index < -0.39 is 10.0 Å². The summed E-state index contributed by atoms with van der Waals surface area (Å²) in [6, 6.07) is 3.18. The van der Waals surface area contributed by atoms with Gasteiger partial charge in [-0.05, 0) is 19.1 Å². The van der Waals surface area contributed by atoms with Crippen LogP contribution < -0.4 is 0 Å². The summed E-state index contributed by atoms with van der Waals surface area (Å²) in [7, 11) is -0.576. The molecule has 3 rings (SSSR count). The molecule has 0 aromatic carbocycles. The number of aromatic nitrogens is 3. The van der Waals surface area contributed by atoms with Gasteiger partial charge in [-0.2, -0.15) is 0 Å². The number of nitrogens with one attached hydrogen (secondary N) is 1. The van der Waals surface area contributed by atoms with Crippen molar-refractivity contribution in [1.82, 2.24) is 19.5 Å². The molecule has 0 saturated carbocycles. The number of hydrogen-bond acceptors (Lipinski definition) is 6. The first-order valence-corrected chi connectivity index (χ1v) is 7.83. The molecule has 3 aromatic heterocycles.